The summed E-state index contributed by atoms with van der Waals surface area (Å²) in [7, 11) is 0. The van der Waals surface area contributed by atoms with Crippen LogP contribution < -0.4 is 4.72 Å². The maximum atomic E-state index is 13.0. The van der Waals surface area contributed by atoms with E-state index < -0.39 is 0 Å². The van der Waals surface area contributed by atoms with Gasteiger partial charge in [0.05, 0.1) is 4.90 Å². The van der Waals surface area contributed by atoms with Crippen LogP contribution in [-0.2, 0) is 4.79 Å². The van der Waals surface area contributed by atoms with Gasteiger partial charge in [-0.1, -0.05) is 6.07 Å². The van der Waals surface area contributed by atoms with Gasteiger partial charge in [-0.25, -0.2) is 4.39 Å². The summed E-state index contributed by atoms with van der Waals surface area (Å²) in [6.07, 6.45) is 0. The molecule has 0 aromatic heterocycles. The van der Waals surface area contributed by atoms with Crippen molar-refractivity contribution in [2.75, 3.05) is 0 Å². The van der Waals surface area contributed by atoms with Crippen LogP contribution in [0, 0.1) is 12.7 Å². The summed E-state index contributed by atoms with van der Waals surface area (Å²) in [5.74, 6) is -0.504. The average Bonchev–Trinajstić information content (AvgIpc) is 2.06. The van der Waals surface area contributed by atoms with Crippen molar-refractivity contribution < 1.29 is 9.18 Å². The van der Waals surface area contributed by atoms with Gasteiger partial charge in [-0.05, 0) is 36.6 Å². The Labute approximate surface area is 80.7 Å². The molecule has 1 aromatic rings. The molecule has 0 aliphatic heterocycles. The van der Waals surface area contributed by atoms with Gasteiger partial charge in [-0.2, -0.15) is 0 Å². The molecular formula is C9H10FNOS. The molecule has 0 atom stereocenters. The van der Waals surface area contributed by atoms with Crippen molar-refractivity contribution in [1.82, 2.24) is 4.72 Å². The molecule has 1 amide bonds. The lowest BCUT2D eigenvalue weighted by Gasteiger charge is -2.03. The highest BCUT2D eigenvalue weighted by molar-refractivity contribution is 7.98. The normalized spacial score (nSPS) is 9.77. The molecule has 4 heteroatoms. The van der Waals surface area contributed by atoms with E-state index in [-0.39, 0.29) is 11.7 Å². The average molecular weight is 199 g/mol. The number of benzene rings is 1. The quantitative estimate of drug-likeness (QED) is 0.740. The predicted molar refractivity (Wildman–Crippen MR) is 50.8 cm³/mol. The zero-order valence-corrected chi connectivity index (χ0v) is 8.24. The summed E-state index contributed by atoms with van der Waals surface area (Å²) < 4.78 is 15.5. The van der Waals surface area contributed by atoms with E-state index in [0.29, 0.717) is 4.90 Å². The molecule has 70 valence electrons. The Morgan fingerprint density at radius 3 is 2.85 bits per heavy atom. The SMILES string of the molecule is CC(=O)NSc1cc(C)ccc1F. The first-order valence-electron chi connectivity index (χ1n) is 3.79. The lowest BCUT2D eigenvalue weighted by atomic mass is 10.2. The van der Waals surface area contributed by atoms with Gasteiger partial charge in [0, 0.05) is 6.92 Å². The molecule has 1 rings (SSSR count). The van der Waals surface area contributed by atoms with Crippen molar-refractivity contribution >= 4 is 17.9 Å². The van der Waals surface area contributed by atoms with Gasteiger partial charge in [0.2, 0.25) is 5.91 Å². The van der Waals surface area contributed by atoms with Gasteiger partial charge in [0.15, 0.2) is 0 Å². The summed E-state index contributed by atoms with van der Waals surface area (Å²) >= 11 is 0.995. The van der Waals surface area contributed by atoms with Crippen LogP contribution >= 0.6 is 11.9 Å². The maximum absolute atomic E-state index is 13.0. The van der Waals surface area contributed by atoms with E-state index in [1.54, 1.807) is 12.1 Å². The van der Waals surface area contributed by atoms with Crippen molar-refractivity contribution in [3.63, 3.8) is 0 Å². The third-order valence-electron chi connectivity index (χ3n) is 1.39. The smallest absolute Gasteiger partial charge is 0.226 e. The molecule has 0 saturated carbocycles. The zero-order chi connectivity index (χ0) is 9.84. The minimum Gasteiger partial charge on any atom is -0.296 e. The number of rotatable bonds is 2. The molecular weight excluding hydrogens is 189 g/mol. The lowest BCUT2D eigenvalue weighted by Crippen LogP contribution is -2.10. The van der Waals surface area contributed by atoms with Crippen LogP contribution in [0.5, 0.6) is 0 Å². The van der Waals surface area contributed by atoms with Crippen LogP contribution in [0.3, 0.4) is 0 Å². The van der Waals surface area contributed by atoms with Gasteiger partial charge in [-0.3, -0.25) is 9.52 Å². The fraction of sp³-hybridized carbons (Fsp3) is 0.222. The maximum Gasteiger partial charge on any atom is 0.226 e. The van der Waals surface area contributed by atoms with Gasteiger partial charge in [0.1, 0.15) is 5.82 Å². The van der Waals surface area contributed by atoms with E-state index >= 15 is 0 Å². The van der Waals surface area contributed by atoms with Gasteiger partial charge < -0.3 is 0 Å². The Bertz CT molecular complexity index is 327. The molecule has 2 nitrogen and oxygen atoms in total. The standard InChI is InChI=1S/C9H10FNOS/c1-6-3-4-8(10)9(5-6)13-11-7(2)12/h3-5H,1-2H3,(H,11,12). The number of aryl methyl sites for hydroxylation is 1. The number of nitrogens with one attached hydrogen (secondary N) is 1. The van der Waals surface area contributed by atoms with Crippen molar-refractivity contribution in [1.29, 1.82) is 0 Å². The van der Waals surface area contributed by atoms with E-state index in [9.17, 15) is 9.18 Å². The minimum atomic E-state index is -0.315. The van der Waals surface area contributed by atoms with E-state index in [0.717, 1.165) is 17.5 Å². The van der Waals surface area contributed by atoms with Crippen LogP contribution in [0.25, 0.3) is 0 Å². The first-order valence-corrected chi connectivity index (χ1v) is 4.61. The molecule has 0 aliphatic carbocycles. The third-order valence-corrected chi connectivity index (χ3v) is 2.31. The number of carbonyl (C=O) groups is 1. The van der Waals surface area contributed by atoms with Gasteiger partial charge >= 0.3 is 0 Å². The number of halogens is 1. The molecule has 0 fully saturated rings. The topological polar surface area (TPSA) is 29.1 Å². The Hall–Kier alpha value is -1.03. The van der Waals surface area contributed by atoms with E-state index in [1.807, 2.05) is 6.92 Å². The molecule has 0 radical (unpaired) electrons. The molecule has 0 bridgehead atoms. The largest absolute Gasteiger partial charge is 0.296 e. The molecule has 0 unspecified atom stereocenters. The first kappa shape index (κ1) is 10.1. The van der Waals surface area contributed by atoms with Gasteiger partial charge in [0.25, 0.3) is 0 Å². The second-order valence-corrected chi connectivity index (χ2v) is 3.54. The second kappa shape index (κ2) is 4.28. The van der Waals surface area contributed by atoms with Crippen LogP contribution in [0.15, 0.2) is 23.1 Å². The van der Waals surface area contributed by atoms with Crippen LogP contribution in [0.2, 0.25) is 0 Å². The van der Waals surface area contributed by atoms with Crippen molar-refractivity contribution in [2.45, 2.75) is 18.7 Å². The number of hydrogen-bond donors (Lipinski definition) is 1. The molecule has 13 heavy (non-hydrogen) atoms. The number of amides is 1. The van der Waals surface area contributed by atoms with Crippen molar-refractivity contribution in [3.8, 4) is 0 Å². The lowest BCUT2D eigenvalue weighted by molar-refractivity contribution is -0.117. The molecule has 1 aromatic carbocycles. The summed E-state index contributed by atoms with van der Waals surface area (Å²) in [6, 6.07) is 4.77. The zero-order valence-electron chi connectivity index (χ0n) is 7.43. The fourth-order valence-corrected chi connectivity index (χ4v) is 1.48. The second-order valence-electron chi connectivity index (χ2n) is 2.69. The van der Waals surface area contributed by atoms with Crippen LogP contribution in [-0.4, -0.2) is 5.91 Å². The number of carbonyl (C=O) groups excluding carboxylic acids is 1. The van der Waals surface area contributed by atoms with Crippen LogP contribution in [0.4, 0.5) is 4.39 Å². The Morgan fingerprint density at radius 1 is 1.54 bits per heavy atom. The Morgan fingerprint density at radius 2 is 2.23 bits per heavy atom. The molecule has 0 saturated heterocycles. The van der Waals surface area contributed by atoms with E-state index in [1.165, 1.54) is 13.0 Å². The van der Waals surface area contributed by atoms with E-state index in [4.69, 9.17) is 0 Å². The Balaban J connectivity index is 2.75. The Kier molecular flexibility index (Phi) is 3.31. The van der Waals surface area contributed by atoms with Crippen molar-refractivity contribution in [3.05, 3.63) is 29.6 Å². The molecule has 0 aliphatic rings. The highest BCUT2D eigenvalue weighted by Crippen LogP contribution is 2.19. The minimum absolute atomic E-state index is 0.189. The van der Waals surface area contributed by atoms with Crippen LogP contribution in [0.1, 0.15) is 12.5 Å². The summed E-state index contributed by atoms with van der Waals surface area (Å²) in [4.78, 5) is 11.0. The highest BCUT2D eigenvalue weighted by atomic mass is 32.2. The van der Waals surface area contributed by atoms with Crippen molar-refractivity contribution in [2.24, 2.45) is 0 Å². The molecule has 1 N–H and O–H groups in total. The first-order chi connectivity index (χ1) is 6.09. The highest BCUT2D eigenvalue weighted by Gasteiger charge is 2.03. The third kappa shape index (κ3) is 3.06. The molecule has 0 heterocycles. The number of hydrogen-bond acceptors (Lipinski definition) is 2. The molecule has 0 spiro atoms. The van der Waals surface area contributed by atoms with Gasteiger partial charge in [-0.15, -0.1) is 0 Å². The summed E-state index contributed by atoms with van der Waals surface area (Å²) in [5.41, 5.74) is 0.967. The predicted octanol–water partition coefficient (Wildman–Crippen LogP) is 2.28. The summed E-state index contributed by atoms with van der Waals surface area (Å²) in [5, 5.41) is 0. The summed E-state index contributed by atoms with van der Waals surface area (Å²) in [6.45, 7) is 3.26. The monoisotopic (exact) mass is 199 g/mol. The van der Waals surface area contributed by atoms with E-state index in [2.05, 4.69) is 4.72 Å². The fourth-order valence-electron chi connectivity index (χ4n) is 0.816.